The van der Waals surface area contributed by atoms with Crippen LogP contribution in [0.2, 0.25) is 0 Å². The summed E-state index contributed by atoms with van der Waals surface area (Å²) in [6.45, 7) is 5.07. The lowest BCUT2D eigenvalue weighted by Crippen LogP contribution is -2.30. The predicted molar refractivity (Wildman–Crippen MR) is 126 cm³/mol. The van der Waals surface area contributed by atoms with Crippen molar-refractivity contribution in [3.05, 3.63) is 39.8 Å². The zero-order valence-electron chi connectivity index (χ0n) is 19.4. The molecule has 32 heavy (non-hydrogen) atoms. The molecule has 1 heterocycles. The maximum atomic E-state index is 12.8. The van der Waals surface area contributed by atoms with Gasteiger partial charge in [0.1, 0.15) is 5.00 Å². The third kappa shape index (κ3) is 5.61. The van der Waals surface area contributed by atoms with Gasteiger partial charge in [-0.2, -0.15) is 0 Å². The number of nitrogens with one attached hydrogen (secondary N) is 1. The number of fused-ring (bicyclic) bond motifs is 1. The molecule has 0 aliphatic heterocycles. The minimum absolute atomic E-state index is 0.162. The topological polar surface area (TPSA) is 77.1 Å². The second kappa shape index (κ2) is 10.8. The van der Waals surface area contributed by atoms with Gasteiger partial charge in [-0.3, -0.25) is 9.69 Å². The molecule has 0 saturated carbocycles. The van der Waals surface area contributed by atoms with E-state index >= 15 is 0 Å². The molecule has 0 spiro atoms. The molecule has 1 amide bonds. The Morgan fingerprint density at radius 3 is 2.66 bits per heavy atom. The van der Waals surface area contributed by atoms with Crippen molar-refractivity contribution in [2.24, 2.45) is 5.92 Å². The first-order valence-corrected chi connectivity index (χ1v) is 11.7. The Morgan fingerprint density at radius 1 is 1.22 bits per heavy atom. The lowest BCUT2D eigenvalue weighted by Gasteiger charge is -2.18. The largest absolute Gasteiger partial charge is 0.493 e. The minimum Gasteiger partial charge on any atom is -0.493 e. The van der Waals surface area contributed by atoms with E-state index in [0.717, 1.165) is 30.4 Å². The summed E-state index contributed by atoms with van der Waals surface area (Å²) in [6, 6.07) is 5.70. The van der Waals surface area contributed by atoms with Crippen LogP contribution in [0.25, 0.3) is 0 Å². The standard InChI is InChI=1S/C24H32N2O5S/c1-6-31-24(28)22-17-9-7-15(2)11-20(17)32-23(22)25-21(27)14-26(3)13-16-8-10-18(29-4)19(12-16)30-5/h8,10,12,15H,6-7,9,11,13-14H2,1-5H3,(H,25,27)/t15-/m0/s1. The van der Waals surface area contributed by atoms with Crippen LogP contribution in [0.3, 0.4) is 0 Å². The Bertz CT molecular complexity index is 972. The van der Waals surface area contributed by atoms with Gasteiger partial charge in [-0.05, 0) is 62.4 Å². The first-order valence-electron chi connectivity index (χ1n) is 10.9. The Hall–Kier alpha value is -2.58. The van der Waals surface area contributed by atoms with Gasteiger partial charge in [-0.25, -0.2) is 4.79 Å². The molecule has 1 N–H and O–H groups in total. The van der Waals surface area contributed by atoms with E-state index in [4.69, 9.17) is 14.2 Å². The number of benzene rings is 1. The Balaban J connectivity index is 1.69. The van der Waals surface area contributed by atoms with Crippen molar-refractivity contribution in [2.75, 3.05) is 39.7 Å². The second-order valence-corrected chi connectivity index (χ2v) is 9.29. The van der Waals surface area contributed by atoms with Gasteiger partial charge in [0, 0.05) is 11.4 Å². The Morgan fingerprint density at radius 2 is 1.97 bits per heavy atom. The number of hydrogen-bond donors (Lipinski definition) is 1. The molecule has 0 bridgehead atoms. The fraction of sp³-hybridized carbons (Fsp3) is 0.500. The number of carbonyl (C=O) groups is 2. The molecule has 0 unspecified atom stereocenters. The molecule has 1 atom stereocenters. The highest BCUT2D eigenvalue weighted by Gasteiger charge is 2.29. The summed E-state index contributed by atoms with van der Waals surface area (Å²) in [6.07, 6.45) is 2.81. The SMILES string of the molecule is CCOC(=O)c1c(NC(=O)CN(C)Cc2ccc(OC)c(OC)c2)sc2c1CC[C@H](C)C2. The van der Waals surface area contributed by atoms with Crippen LogP contribution in [0.5, 0.6) is 11.5 Å². The van der Waals surface area contributed by atoms with Crippen LogP contribution >= 0.6 is 11.3 Å². The van der Waals surface area contributed by atoms with Crippen molar-refractivity contribution >= 4 is 28.2 Å². The van der Waals surface area contributed by atoms with Crippen molar-refractivity contribution < 1.29 is 23.8 Å². The zero-order valence-corrected chi connectivity index (χ0v) is 20.3. The summed E-state index contributed by atoms with van der Waals surface area (Å²) in [7, 11) is 5.08. The molecule has 174 valence electrons. The van der Waals surface area contributed by atoms with E-state index in [1.54, 1.807) is 21.1 Å². The Labute approximate surface area is 193 Å². The van der Waals surface area contributed by atoms with Crippen LogP contribution < -0.4 is 14.8 Å². The van der Waals surface area contributed by atoms with Gasteiger partial charge in [-0.15, -0.1) is 11.3 Å². The summed E-state index contributed by atoms with van der Waals surface area (Å²) in [4.78, 5) is 28.5. The summed E-state index contributed by atoms with van der Waals surface area (Å²) in [5, 5.41) is 3.58. The molecule has 1 aliphatic carbocycles. The highest BCUT2D eigenvalue weighted by molar-refractivity contribution is 7.17. The molecule has 0 fully saturated rings. The van der Waals surface area contributed by atoms with E-state index in [9.17, 15) is 9.59 Å². The summed E-state index contributed by atoms with van der Waals surface area (Å²) in [5.41, 5.74) is 2.58. The monoisotopic (exact) mass is 460 g/mol. The van der Waals surface area contributed by atoms with Crippen LogP contribution in [0.1, 0.15) is 46.6 Å². The van der Waals surface area contributed by atoms with Crippen LogP contribution in [-0.2, 0) is 28.9 Å². The molecule has 1 aliphatic rings. The minimum atomic E-state index is -0.353. The van der Waals surface area contributed by atoms with Crippen LogP contribution in [0.4, 0.5) is 5.00 Å². The van der Waals surface area contributed by atoms with E-state index in [2.05, 4.69) is 12.2 Å². The first kappa shape index (κ1) is 24.1. The van der Waals surface area contributed by atoms with Crippen LogP contribution in [0, 0.1) is 5.92 Å². The fourth-order valence-corrected chi connectivity index (χ4v) is 5.43. The van der Waals surface area contributed by atoms with E-state index in [0.29, 0.717) is 41.1 Å². The average molecular weight is 461 g/mol. The van der Waals surface area contributed by atoms with Crippen LogP contribution in [0.15, 0.2) is 18.2 Å². The quantitative estimate of drug-likeness (QED) is 0.567. The van der Waals surface area contributed by atoms with Crippen molar-refractivity contribution in [1.82, 2.24) is 4.90 Å². The number of amides is 1. The molecule has 1 aromatic carbocycles. The summed E-state index contributed by atoms with van der Waals surface area (Å²) in [5.74, 6) is 1.38. The normalized spacial score (nSPS) is 15.2. The number of esters is 1. The van der Waals surface area contributed by atoms with E-state index < -0.39 is 0 Å². The fourth-order valence-electron chi connectivity index (χ4n) is 4.02. The zero-order chi connectivity index (χ0) is 23.3. The lowest BCUT2D eigenvalue weighted by atomic mass is 9.88. The molecular weight excluding hydrogens is 428 g/mol. The smallest absolute Gasteiger partial charge is 0.341 e. The first-order chi connectivity index (χ1) is 15.4. The maximum absolute atomic E-state index is 12.8. The number of nitrogens with zero attached hydrogens (tertiary/aromatic N) is 1. The van der Waals surface area contributed by atoms with Gasteiger partial charge < -0.3 is 19.5 Å². The number of methoxy groups -OCH3 is 2. The number of thiophene rings is 1. The van der Waals surface area contributed by atoms with Gasteiger partial charge >= 0.3 is 5.97 Å². The number of ether oxygens (including phenoxy) is 3. The van der Waals surface area contributed by atoms with Gasteiger partial charge in [0.05, 0.1) is 32.9 Å². The molecular formula is C24H32N2O5S. The van der Waals surface area contributed by atoms with Crippen molar-refractivity contribution in [3.8, 4) is 11.5 Å². The maximum Gasteiger partial charge on any atom is 0.341 e. The highest BCUT2D eigenvalue weighted by atomic mass is 32.1. The lowest BCUT2D eigenvalue weighted by molar-refractivity contribution is -0.117. The summed E-state index contributed by atoms with van der Waals surface area (Å²) >= 11 is 1.51. The van der Waals surface area contributed by atoms with E-state index in [1.807, 2.05) is 30.1 Å². The van der Waals surface area contributed by atoms with Crippen molar-refractivity contribution in [1.29, 1.82) is 0 Å². The van der Waals surface area contributed by atoms with E-state index in [1.165, 1.54) is 16.2 Å². The second-order valence-electron chi connectivity index (χ2n) is 8.19. The molecule has 0 saturated heterocycles. The molecule has 2 aromatic rings. The number of anilines is 1. The summed E-state index contributed by atoms with van der Waals surface area (Å²) < 4.78 is 15.9. The predicted octanol–water partition coefficient (Wildman–Crippen LogP) is 4.14. The van der Waals surface area contributed by atoms with Gasteiger partial charge in [-0.1, -0.05) is 13.0 Å². The van der Waals surface area contributed by atoms with Gasteiger partial charge in [0.25, 0.3) is 0 Å². The average Bonchev–Trinajstić information content (AvgIpc) is 3.10. The molecule has 3 rings (SSSR count). The third-order valence-electron chi connectivity index (χ3n) is 5.56. The molecule has 8 heteroatoms. The van der Waals surface area contributed by atoms with E-state index in [-0.39, 0.29) is 18.4 Å². The molecule has 0 radical (unpaired) electrons. The van der Waals surface area contributed by atoms with Crippen molar-refractivity contribution in [3.63, 3.8) is 0 Å². The molecule has 1 aromatic heterocycles. The number of rotatable bonds is 9. The van der Waals surface area contributed by atoms with Gasteiger partial charge in [0.2, 0.25) is 5.91 Å². The van der Waals surface area contributed by atoms with Crippen molar-refractivity contribution in [2.45, 2.75) is 39.7 Å². The third-order valence-corrected chi connectivity index (χ3v) is 6.73. The number of likely N-dealkylation sites (N-methyl/N-ethyl adjacent to an activating group) is 1. The van der Waals surface area contributed by atoms with Gasteiger partial charge in [0.15, 0.2) is 11.5 Å². The Kier molecular flexibility index (Phi) is 8.15. The number of carbonyl (C=O) groups excluding carboxylic acids is 2. The molecule has 7 nitrogen and oxygen atoms in total. The highest BCUT2D eigenvalue weighted by Crippen LogP contribution is 2.40. The van der Waals surface area contributed by atoms with Crippen LogP contribution in [-0.4, -0.2) is 51.2 Å². The number of hydrogen-bond acceptors (Lipinski definition) is 7.